The summed E-state index contributed by atoms with van der Waals surface area (Å²) in [5.41, 5.74) is 1.76. The molecule has 0 saturated carbocycles. The van der Waals surface area contributed by atoms with Crippen molar-refractivity contribution in [2.45, 2.75) is 32.2 Å². The Morgan fingerprint density at radius 3 is 2.43 bits per heavy atom. The molecule has 2 N–H and O–H groups in total. The number of furan rings is 1. The summed E-state index contributed by atoms with van der Waals surface area (Å²) in [4.78, 5) is 27.2. The average molecular weight is 413 g/mol. The standard InChI is InChI=1S/C23H27NO6/c1-23(2,3)16-8-6-15(7-9-16)19-18(20(26)17-5-4-12-30-17)21(27)22(28)24(19)10-13-29-14-11-25/h4-9,12,19,25,27H,10-11,13-14H2,1-3H3. The largest absolute Gasteiger partial charge is 0.503 e. The SMILES string of the molecule is CC(C)(C)c1ccc(C2C(C(=O)c3ccco3)=C(O)C(=O)N2CCOCCO)cc1. The molecule has 0 aliphatic carbocycles. The van der Waals surface area contributed by atoms with Crippen molar-refractivity contribution in [3.63, 3.8) is 0 Å². The Morgan fingerprint density at radius 2 is 1.87 bits per heavy atom. The normalized spacial score (nSPS) is 17.1. The van der Waals surface area contributed by atoms with Crippen molar-refractivity contribution >= 4 is 11.7 Å². The van der Waals surface area contributed by atoms with Crippen LogP contribution in [0, 0.1) is 0 Å². The molecule has 0 spiro atoms. The number of Topliss-reactive ketones (excluding diaryl/α,β-unsaturated/α-hetero) is 1. The second-order valence-electron chi connectivity index (χ2n) is 8.18. The van der Waals surface area contributed by atoms with Crippen LogP contribution in [0.2, 0.25) is 0 Å². The van der Waals surface area contributed by atoms with Crippen molar-refractivity contribution in [1.82, 2.24) is 4.90 Å². The van der Waals surface area contributed by atoms with E-state index in [4.69, 9.17) is 14.3 Å². The number of aliphatic hydroxyl groups excluding tert-OH is 2. The van der Waals surface area contributed by atoms with Crippen molar-refractivity contribution in [2.75, 3.05) is 26.4 Å². The molecule has 1 aliphatic heterocycles. The highest BCUT2D eigenvalue weighted by molar-refractivity contribution is 6.15. The smallest absolute Gasteiger partial charge is 0.290 e. The third-order valence-electron chi connectivity index (χ3n) is 5.10. The molecule has 0 radical (unpaired) electrons. The van der Waals surface area contributed by atoms with Gasteiger partial charge in [0.15, 0.2) is 11.5 Å². The number of hydrogen-bond donors (Lipinski definition) is 2. The summed E-state index contributed by atoms with van der Waals surface area (Å²) in [6, 6.07) is 9.98. The second-order valence-corrected chi connectivity index (χ2v) is 8.18. The van der Waals surface area contributed by atoms with Gasteiger partial charge in [-0.25, -0.2) is 0 Å². The van der Waals surface area contributed by atoms with Gasteiger partial charge in [0, 0.05) is 6.54 Å². The summed E-state index contributed by atoms with van der Waals surface area (Å²) in [6.45, 7) is 6.64. The minimum atomic E-state index is -0.762. The molecule has 1 aromatic carbocycles. The lowest BCUT2D eigenvalue weighted by Crippen LogP contribution is -2.34. The lowest BCUT2D eigenvalue weighted by atomic mass is 9.85. The Morgan fingerprint density at radius 1 is 1.17 bits per heavy atom. The van der Waals surface area contributed by atoms with Crippen LogP contribution in [0.25, 0.3) is 0 Å². The van der Waals surface area contributed by atoms with Crippen LogP contribution in [0.4, 0.5) is 0 Å². The zero-order valence-electron chi connectivity index (χ0n) is 17.4. The van der Waals surface area contributed by atoms with Crippen LogP contribution in [0.15, 0.2) is 58.4 Å². The third-order valence-corrected chi connectivity index (χ3v) is 5.10. The minimum Gasteiger partial charge on any atom is -0.503 e. The number of nitrogens with zero attached hydrogens (tertiary/aromatic N) is 1. The summed E-state index contributed by atoms with van der Waals surface area (Å²) < 4.78 is 10.5. The highest BCUT2D eigenvalue weighted by atomic mass is 16.5. The Bertz CT molecular complexity index is 922. The van der Waals surface area contributed by atoms with Gasteiger partial charge < -0.3 is 24.3 Å². The zero-order chi connectivity index (χ0) is 21.9. The third kappa shape index (κ3) is 4.32. The van der Waals surface area contributed by atoms with E-state index in [1.807, 2.05) is 24.3 Å². The van der Waals surface area contributed by atoms with E-state index in [2.05, 4.69) is 20.8 Å². The summed E-state index contributed by atoms with van der Waals surface area (Å²) in [5.74, 6) is -1.69. The molecule has 2 aromatic rings. The minimum absolute atomic E-state index is 0.0133. The molecule has 0 saturated heterocycles. The van der Waals surface area contributed by atoms with Crippen molar-refractivity contribution in [1.29, 1.82) is 0 Å². The Balaban J connectivity index is 1.98. The van der Waals surface area contributed by atoms with Gasteiger partial charge in [0.2, 0.25) is 5.78 Å². The number of aliphatic hydroxyl groups is 2. The molecule has 0 fully saturated rings. The highest BCUT2D eigenvalue weighted by Crippen LogP contribution is 2.39. The number of ketones is 1. The van der Waals surface area contributed by atoms with Crippen molar-refractivity contribution in [2.24, 2.45) is 0 Å². The molecule has 1 aliphatic rings. The van der Waals surface area contributed by atoms with Gasteiger partial charge in [-0.15, -0.1) is 0 Å². The molecule has 30 heavy (non-hydrogen) atoms. The predicted octanol–water partition coefficient (Wildman–Crippen LogP) is 3.16. The van der Waals surface area contributed by atoms with Crippen LogP contribution in [-0.2, 0) is 14.9 Å². The fourth-order valence-corrected chi connectivity index (χ4v) is 3.50. The van der Waals surface area contributed by atoms with Gasteiger partial charge in [0.05, 0.1) is 37.7 Å². The summed E-state index contributed by atoms with van der Waals surface area (Å²) in [7, 11) is 0. The van der Waals surface area contributed by atoms with Gasteiger partial charge in [-0.1, -0.05) is 45.0 Å². The first-order valence-corrected chi connectivity index (χ1v) is 9.87. The number of benzene rings is 1. The number of rotatable bonds is 8. The molecule has 1 unspecified atom stereocenters. The van der Waals surface area contributed by atoms with Crippen molar-refractivity contribution in [3.05, 3.63) is 70.9 Å². The van der Waals surface area contributed by atoms with E-state index in [9.17, 15) is 14.7 Å². The van der Waals surface area contributed by atoms with Gasteiger partial charge in [0.25, 0.3) is 5.91 Å². The highest BCUT2D eigenvalue weighted by Gasteiger charge is 2.44. The molecule has 1 amide bonds. The predicted molar refractivity (Wildman–Crippen MR) is 110 cm³/mol. The molecule has 3 rings (SSSR count). The van der Waals surface area contributed by atoms with E-state index >= 15 is 0 Å². The van der Waals surface area contributed by atoms with Crippen molar-refractivity contribution in [3.8, 4) is 0 Å². The molecule has 2 heterocycles. The first-order chi connectivity index (χ1) is 14.3. The quantitative estimate of drug-likeness (QED) is 0.509. The van der Waals surface area contributed by atoms with E-state index in [0.717, 1.165) is 5.56 Å². The van der Waals surface area contributed by atoms with E-state index in [-0.39, 0.29) is 43.1 Å². The molecule has 7 nitrogen and oxygen atoms in total. The molecule has 160 valence electrons. The number of hydrogen-bond acceptors (Lipinski definition) is 6. The topological polar surface area (TPSA) is 100 Å². The molecular weight excluding hydrogens is 386 g/mol. The maximum atomic E-state index is 13.0. The fourth-order valence-electron chi connectivity index (χ4n) is 3.50. The summed E-state index contributed by atoms with van der Waals surface area (Å²) in [6.07, 6.45) is 1.37. The van der Waals surface area contributed by atoms with Crippen LogP contribution < -0.4 is 0 Å². The van der Waals surface area contributed by atoms with Crippen molar-refractivity contribution < 1.29 is 29.0 Å². The van der Waals surface area contributed by atoms with E-state index in [1.165, 1.54) is 17.2 Å². The van der Waals surface area contributed by atoms with E-state index < -0.39 is 23.5 Å². The second kappa shape index (κ2) is 8.85. The summed E-state index contributed by atoms with van der Waals surface area (Å²) in [5, 5.41) is 19.4. The van der Waals surface area contributed by atoms with Gasteiger partial charge in [-0.05, 0) is 28.7 Å². The number of carbonyl (C=O) groups excluding carboxylic acids is 2. The lowest BCUT2D eigenvalue weighted by Gasteiger charge is -2.27. The van der Waals surface area contributed by atoms with Crippen LogP contribution >= 0.6 is 0 Å². The Hall–Kier alpha value is -2.90. The first kappa shape index (κ1) is 21.8. The number of amides is 1. The molecule has 0 bridgehead atoms. The molecule has 1 aromatic heterocycles. The maximum Gasteiger partial charge on any atom is 0.290 e. The molecule has 1 atom stereocenters. The van der Waals surface area contributed by atoms with Crippen LogP contribution in [0.1, 0.15) is 48.5 Å². The van der Waals surface area contributed by atoms with Crippen LogP contribution in [0.3, 0.4) is 0 Å². The Labute approximate surface area is 175 Å². The van der Waals surface area contributed by atoms with Crippen LogP contribution in [0.5, 0.6) is 0 Å². The number of carbonyl (C=O) groups is 2. The van der Waals surface area contributed by atoms with Gasteiger partial charge in [-0.3, -0.25) is 9.59 Å². The zero-order valence-corrected chi connectivity index (χ0v) is 17.4. The van der Waals surface area contributed by atoms with E-state index in [0.29, 0.717) is 5.56 Å². The number of ether oxygens (including phenoxy) is 1. The first-order valence-electron chi connectivity index (χ1n) is 9.87. The maximum absolute atomic E-state index is 13.0. The monoisotopic (exact) mass is 413 g/mol. The van der Waals surface area contributed by atoms with Crippen LogP contribution in [-0.4, -0.2) is 53.2 Å². The molecule has 7 heteroatoms. The lowest BCUT2D eigenvalue weighted by molar-refractivity contribution is -0.130. The summed E-state index contributed by atoms with van der Waals surface area (Å²) >= 11 is 0. The molecular formula is C23H27NO6. The Kier molecular flexibility index (Phi) is 6.43. The van der Waals surface area contributed by atoms with Gasteiger partial charge >= 0.3 is 0 Å². The average Bonchev–Trinajstić information content (AvgIpc) is 3.33. The van der Waals surface area contributed by atoms with Gasteiger partial charge in [-0.2, -0.15) is 0 Å². The fraction of sp³-hybridized carbons (Fsp3) is 0.391. The van der Waals surface area contributed by atoms with E-state index in [1.54, 1.807) is 6.07 Å². The van der Waals surface area contributed by atoms with Gasteiger partial charge in [0.1, 0.15) is 0 Å².